The fourth-order valence-electron chi connectivity index (χ4n) is 0.844. The molecule has 4 heteroatoms. The van der Waals surface area contributed by atoms with Crippen molar-refractivity contribution in [1.82, 2.24) is 4.98 Å². The lowest BCUT2D eigenvalue weighted by molar-refractivity contribution is -0.134. The van der Waals surface area contributed by atoms with E-state index in [4.69, 9.17) is 5.11 Å². The van der Waals surface area contributed by atoms with E-state index in [2.05, 4.69) is 4.98 Å². The van der Waals surface area contributed by atoms with Gasteiger partial charge in [-0.1, -0.05) is 0 Å². The lowest BCUT2D eigenvalue weighted by Crippen LogP contribution is -1.94. The number of aliphatic carboxylic acids is 1. The van der Waals surface area contributed by atoms with Gasteiger partial charge in [-0.3, -0.25) is 4.98 Å². The van der Waals surface area contributed by atoms with Crippen molar-refractivity contribution in [2.75, 3.05) is 0 Å². The molecular formula is C9H8FNO2. The third-order valence-electron chi connectivity index (χ3n) is 1.55. The number of pyridine rings is 1. The lowest BCUT2D eigenvalue weighted by Gasteiger charge is -1.97. The molecule has 0 aliphatic rings. The molecular weight excluding hydrogens is 173 g/mol. The fraction of sp³-hybridized carbons (Fsp3) is 0.111. The third-order valence-corrected chi connectivity index (χ3v) is 1.55. The maximum atomic E-state index is 12.6. The lowest BCUT2D eigenvalue weighted by atomic mass is 10.1. The van der Waals surface area contributed by atoms with Gasteiger partial charge in [-0.05, 0) is 30.2 Å². The van der Waals surface area contributed by atoms with Crippen molar-refractivity contribution in [3.05, 3.63) is 35.4 Å². The summed E-state index contributed by atoms with van der Waals surface area (Å²) >= 11 is 0. The molecule has 13 heavy (non-hydrogen) atoms. The first kappa shape index (κ1) is 9.38. The van der Waals surface area contributed by atoms with Crippen LogP contribution in [0.25, 0.3) is 6.08 Å². The highest BCUT2D eigenvalue weighted by atomic mass is 19.1. The van der Waals surface area contributed by atoms with Gasteiger partial charge in [-0.2, -0.15) is 4.39 Å². The summed E-state index contributed by atoms with van der Waals surface area (Å²) in [6.07, 6.45) is 3.99. The number of hydrogen-bond acceptors (Lipinski definition) is 2. The molecule has 1 heterocycles. The van der Waals surface area contributed by atoms with Crippen LogP contribution in [-0.4, -0.2) is 16.1 Å². The summed E-state index contributed by atoms with van der Waals surface area (Å²) in [4.78, 5) is 14.0. The Hall–Kier alpha value is -1.71. The predicted octanol–water partition coefficient (Wildman–Crippen LogP) is 1.79. The maximum absolute atomic E-state index is 12.6. The second kappa shape index (κ2) is 3.80. The molecule has 0 unspecified atom stereocenters. The van der Waals surface area contributed by atoms with Crippen LogP contribution in [0.15, 0.2) is 24.3 Å². The molecule has 0 saturated carbocycles. The van der Waals surface area contributed by atoms with Crippen LogP contribution in [0.5, 0.6) is 0 Å². The molecule has 3 nitrogen and oxygen atoms in total. The molecule has 0 radical (unpaired) electrons. The van der Waals surface area contributed by atoms with Crippen LogP contribution in [0.2, 0.25) is 0 Å². The minimum Gasteiger partial charge on any atom is -0.476 e. The van der Waals surface area contributed by atoms with Gasteiger partial charge in [0.1, 0.15) is 0 Å². The van der Waals surface area contributed by atoms with Crippen LogP contribution in [0.4, 0.5) is 4.39 Å². The molecule has 1 aromatic heterocycles. The number of hydrogen-bond donors (Lipinski definition) is 1. The summed E-state index contributed by atoms with van der Waals surface area (Å²) in [7, 11) is 0. The summed E-state index contributed by atoms with van der Waals surface area (Å²) in [6, 6.07) is 1.55. The minimum atomic E-state index is -1.56. The molecule has 0 saturated heterocycles. The highest BCUT2D eigenvalue weighted by Gasteiger charge is 2.05. The zero-order chi connectivity index (χ0) is 9.84. The monoisotopic (exact) mass is 181 g/mol. The van der Waals surface area contributed by atoms with Gasteiger partial charge in [-0.15, -0.1) is 0 Å². The SMILES string of the molecule is Cc1cnccc1/C=C(/F)C(=O)O. The standard InChI is InChI=1S/C9H8FNO2/c1-6-5-11-3-2-7(6)4-8(10)9(12)13/h2-5H,1H3,(H,12,13)/b8-4+. The van der Waals surface area contributed by atoms with E-state index in [1.807, 2.05) is 0 Å². The minimum absolute atomic E-state index is 0.523. The van der Waals surface area contributed by atoms with Crippen LogP contribution in [-0.2, 0) is 4.79 Å². The summed E-state index contributed by atoms with van der Waals surface area (Å²) < 4.78 is 12.6. The molecule has 0 fully saturated rings. The average molecular weight is 181 g/mol. The average Bonchev–Trinajstić information content (AvgIpc) is 2.08. The molecule has 0 bridgehead atoms. The van der Waals surface area contributed by atoms with Crippen LogP contribution < -0.4 is 0 Å². The number of carbonyl (C=O) groups is 1. The Bertz CT molecular complexity index is 360. The fourth-order valence-corrected chi connectivity index (χ4v) is 0.844. The van der Waals surface area contributed by atoms with E-state index in [1.165, 1.54) is 6.20 Å². The smallest absolute Gasteiger partial charge is 0.364 e. The highest BCUT2D eigenvalue weighted by molar-refractivity contribution is 5.89. The van der Waals surface area contributed by atoms with Gasteiger partial charge >= 0.3 is 5.97 Å². The van der Waals surface area contributed by atoms with Crippen LogP contribution in [0.3, 0.4) is 0 Å². The van der Waals surface area contributed by atoms with E-state index in [-0.39, 0.29) is 0 Å². The van der Waals surface area contributed by atoms with Gasteiger partial charge < -0.3 is 5.11 Å². The van der Waals surface area contributed by atoms with E-state index >= 15 is 0 Å². The van der Waals surface area contributed by atoms with Gasteiger partial charge in [-0.25, -0.2) is 4.79 Å². The molecule has 68 valence electrons. The van der Waals surface area contributed by atoms with Gasteiger partial charge in [0, 0.05) is 12.4 Å². The summed E-state index contributed by atoms with van der Waals surface area (Å²) in [5, 5.41) is 8.28. The van der Waals surface area contributed by atoms with Crippen molar-refractivity contribution >= 4 is 12.0 Å². The number of aryl methyl sites for hydroxylation is 1. The maximum Gasteiger partial charge on any atom is 0.364 e. The van der Waals surface area contributed by atoms with E-state index in [1.54, 1.807) is 19.2 Å². The van der Waals surface area contributed by atoms with Crippen LogP contribution >= 0.6 is 0 Å². The number of nitrogens with zero attached hydrogens (tertiary/aromatic N) is 1. The number of halogens is 1. The quantitative estimate of drug-likeness (QED) is 0.707. The van der Waals surface area contributed by atoms with Crippen molar-refractivity contribution in [1.29, 1.82) is 0 Å². The molecule has 0 amide bonds. The number of rotatable bonds is 2. The first-order valence-corrected chi connectivity index (χ1v) is 3.62. The highest BCUT2D eigenvalue weighted by Crippen LogP contribution is 2.11. The van der Waals surface area contributed by atoms with Crippen molar-refractivity contribution in [3.63, 3.8) is 0 Å². The van der Waals surface area contributed by atoms with Gasteiger partial charge in [0.05, 0.1) is 0 Å². The first-order chi connectivity index (χ1) is 6.11. The van der Waals surface area contributed by atoms with E-state index in [9.17, 15) is 9.18 Å². The van der Waals surface area contributed by atoms with E-state index in [0.29, 0.717) is 5.56 Å². The van der Waals surface area contributed by atoms with Crippen LogP contribution in [0.1, 0.15) is 11.1 Å². The topological polar surface area (TPSA) is 50.2 Å². The van der Waals surface area contributed by atoms with Crippen molar-refractivity contribution in [2.24, 2.45) is 0 Å². The van der Waals surface area contributed by atoms with E-state index < -0.39 is 11.8 Å². The van der Waals surface area contributed by atoms with Crippen molar-refractivity contribution < 1.29 is 14.3 Å². The summed E-state index contributed by atoms with van der Waals surface area (Å²) in [5.41, 5.74) is 1.26. The molecule has 0 spiro atoms. The molecule has 0 atom stereocenters. The Kier molecular flexibility index (Phi) is 2.74. The number of carboxylic acid groups (broad SMARTS) is 1. The Labute approximate surface area is 74.5 Å². The molecule has 1 rings (SSSR count). The zero-order valence-corrected chi connectivity index (χ0v) is 6.99. The van der Waals surface area contributed by atoms with Gasteiger partial charge in [0.25, 0.3) is 0 Å². The van der Waals surface area contributed by atoms with Crippen molar-refractivity contribution in [3.8, 4) is 0 Å². The second-order valence-corrected chi connectivity index (χ2v) is 2.53. The zero-order valence-electron chi connectivity index (χ0n) is 6.99. The Morgan fingerprint density at radius 1 is 1.69 bits per heavy atom. The van der Waals surface area contributed by atoms with E-state index in [0.717, 1.165) is 11.6 Å². The molecule has 1 N–H and O–H groups in total. The summed E-state index contributed by atoms with van der Waals surface area (Å²) in [5.74, 6) is -2.73. The first-order valence-electron chi connectivity index (χ1n) is 3.62. The molecule has 1 aromatic rings. The number of carboxylic acids is 1. The van der Waals surface area contributed by atoms with Gasteiger partial charge in [0.15, 0.2) is 0 Å². The molecule has 0 aliphatic carbocycles. The second-order valence-electron chi connectivity index (χ2n) is 2.53. The molecule has 0 aliphatic heterocycles. The van der Waals surface area contributed by atoms with Gasteiger partial charge in [0.2, 0.25) is 5.83 Å². The Morgan fingerprint density at radius 2 is 2.38 bits per heavy atom. The Morgan fingerprint density at radius 3 is 2.92 bits per heavy atom. The van der Waals surface area contributed by atoms with Crippen molar-refractivity contribution in [2.45, 2.75) is 6.92 Å². The third kappa shape index (κ3) is 2.37. The van der Waals surface area contributed by atoms with Crippen LogP contribution in [0, 0.1) is 6.92 Å². The normalized spacial score (nSPS) is 11.4. The predicted molar refractivity (Wildman–Crippen MR) is 45.7 cm³/mol. The number of aromatic nitrogens is 1. The Balaban J connectivity index is 3.04. The summed E-state index contributed by atoms with van der Waals surface area (Å²) in [6.45, 7) is 1.73. The molecule has 0 aromatic carbocycles. The largest absolute Gasteiger partial charge is 0.476 e.